The second-order valence-corrected chi connectivity index (χ2v) is 4.72. The Bertz CT molecular complexity index is 345. The molecule has 0 fully saturated rings. The van der Waals surface area contributed by atoms with Gasteiger partial charge in [-0.1, -0.05) is 40.2 Å². The van der Waals surface area contributed by atoms with Crippen molar-refractivity contribution in [2.75, 3.05) is 18.0 Å². The average molecular weight is 287 g/mol. The maximum Gasteiger partial charge on any atom is 0.0492 e. The van der Waals surface area contributed by atoms with Crippen LogP contribution in [0.4, 0.5) is 5.69 Å². The van der Waals surface area contributed by atoms with Gasteiger partial charge in [-0.2, -0.15) is 0 Å². The van der Waals surface area contributed by atoms with Crippen molar-refractivity contribution in [3.8, 4) is 0 Å². The molecule has 0 unspecified atom stereocenters. The monoisotopic (exact) mass is 285 g/mol. The van der Waals surface area contributed by atoms with E-state index in [0.29, 0.717) is 0 Å². The SMILES string of the molecule is C=CCN(CC(=C)Br)c1ccc(Cl)cc1. The van der Waals surface area contributed by atoms with E-state index in [9.17, 15) is 0 Å². The zero-order valence-electron chi connectivity index (χ0n) is 8.42. The highest BCUT2D eigenvalue weighted by Gasteiger charge is 2.04. The van der Waals surface area contributed by atoms with Crippen LogP contribution in [-0.4, -0.2) is 13.1 Å². The van der Waals surface area contributed by atoms with Gasteiger partial charge < -0.3 is 4.90 Å². The highest BCUT2D eigenvalue weighted by atomic mass is 79.9. The van der Waals surface area contributed by atoms with Gasteiger partial charge in [-0.3, -0.25) is 0 Å². The summed E-state index contributed by atoms with van der Waals surface area (Å²) in [5.41, 5.74) is 1.11. The van der Waals surface area contributed by atoms with Gasteiger partial charge in [-0.05, 0) is 24.3 Å². The minimum Gasteiger partial charge on any atom is -0.363 e. The lowest BCUT2D eigenvalue weighted by atomic mass is 10.3. The van der Waals surface area contributed by atoms with Gasteiger partial charge in [-0.15, -0.1) is 6.58 Å². The molecule has 0 aliphatic carbocycles. The van der Waals surface area contributed by atoms with Crippen LogP contribution in [0.25, 0.3) is 0 Å². The lowest BCUT2D eigenvalue weighted by Gasteiger charge is -2.22. The smallest absolute Gasteiger partial charge is 0.0492 e. The van der Waals surface area contributed by atoms with Crippen molar-refractivity contribution in [3.05, 3.63) is 53.0 Å². The summed E-state index contributed by atoms with van der Waals surface area (Å²) in [6, 6.07) is 7.73. The first-order valence-corrected chi connectivity index (χ1v) is 5.75. The van der Waals surface area contributed by atoms with E-state index in [-0.39, 0.29) is 0 Å². The molecule has 0 amide bonds. The molecule has 3 heteroatoms. The van der Waals surface area contributed by atoms with Crippen molar-refractivity contribution in [2.24, 2.45) is 0 Å². The lowest BCUT2D eigenvalue weighted by molar-refractivity contribution is 0.952. The normalized spacial score (nSPS) is 9.73. The fourth-order valence-electron chi connectivity index (χ4n) is 1.28. The summed E-state index contributed by atoms with van der Waals surface area (Å²) < 4.78 is 0.944. The minimum absolute atomic E-state index is 0.745. The van der Waals surface area contributed by atoms with Crippen LogP contribution in [0.15, 0.2) is 48.0 Å². The first-order chi connectivity index (χ1) is 7.13. The average Bonchev–Trinajstić information content (AvgIpc) is 2.17. The van der Waals surface area contributed by atoms with Crippen LogP contribution in [0.3, 0.4) is 0 Å². The molecule has 0 N–H and O–H groups in total. The van der Waals surface area contributed by atoms with Crippen LogP contribution >= 0.6 is 27.5 Å². The molecule has 0 radical (unpaired) electrons. The molecule has 0 spiro atoms. The van der Waals surface area contributed by atoms with E-state index in [1.807, 2.05) is 30.3 Å². The molecule has 1 rings (SSSR count). The number of rotatable bonds is 5. The third kappa shape index (κ3) is 4.10. The number of nitrogens with zero attached hydrogens (tertiary/aromatic N) is 1. The van der Waals surface area contributed by atoms with Gasteiger partial charge in [0, 0.05) is 28.3 Å². The summed E-state index contributed by atoms with van der Waals surface area (Å²) in [4.78, 5) is 2.15. The molecule has 80 valence electrons. The standard InChI is InChI=1S/C12H13BrClN/c1-3-8-15(9-10(2)13)12-6-4-11(14)5-7-12/h3-7H,1-2,8-9H2. The Morgan fingerprint density at radius 2 is 2.00 bits per heavy atom. The third-order valence-corrected chi connectivity index (χ3v) is 2.41. The molecule has 1 aromatic carbocycles. The molecule has 0 saturated carbocycles. The van der Waals surface area contributed by atoms with Gasteiger partial charge >= 0.3 is 0 Å². The summed E-state index contributed by atoms with van der Waals surface area (Å²) >= 11 is 9.19. The molecule has 0 bridgehead atoms. The Hall–Kier alpha value is -0.730. The molecule has 0 aromatic heterocycles. The largest absolute Gasteiger partial charge is 0.363 e. The first kappa shape index (κ1) is 12.3. The van der Waals surface area contributed by atoms with Crippen LogP contribution in [0.2, 0.25) is 5.02 Å². The molecule has 0 heterocycles. The molecule has 0 aliphatic rings. The zero-order valence-corrected chi connectivity index (χ0v) is 10.8. The van der Waals surface area contributed by atoms with Crippen molar-refractivity contribution in [2.45, 2.75) is 0 Å². The fourth-order valence-corrected chi connectivity index (χ4v) is 1.70. The highest BCUT2D eigenvalue weighted by Crippen LogP contribution is 2.19. The van der Waals surface area contributed by atoms with E-state index >= 15 is 0 Å². The van der Waals surface area contributed by atoms with Crippen molar-refractivity contribution in [3.63, 3.8) is 0 Å². The van der Waals surface area contributed by atoms with Crippen LogP contribution in [-0.2, 0) is 0 Å². The second kappa shape index (κ2) is 5.99. The third-order valence-electron chi connectivity index (χ3n) is 1.90. The molecule has 0 aliphatic heterocycles. The Balaban J connectivity index is 2.83. The number of hydrogen-bond donors (Lipinski definition) is 0. The molecular formula is C12H13BrClN. The van der Waals surface area contributed by atoms with Crippen LogP contribution in [0, 0.1) is 0 Å². The maximum atomic E-state index is 5.83. The molecule has 15 heavy (non-hydrogen) atoms. The summed E-state index contributed by atoms with van der Waals surface area (Å²) in [5.74, 6) is 0. The predicted octanol–water partition coefficient (Wildman–Crippen LogP) is 4.24. The number of halogens is 2. The Morgan fingerprint density at radius 1 is 1.40 bits per heavy atom. The zero-order chi connectivity index (χ0) is 11.3. The van der Waals surface area contributed by atoms with Crippen molar-refractivity contribution in [1.82, 2.24) is 0 Å². The Morgan fingerprint density at radius 3 is 2.47 bits per heavy atom. The number of benzene rings is 1. The van der Waals surface area contributed by atoms with Crippen molar-refractivity contribution in [1.29, 1.82) is 0 Å². The molecule has 1 nitrogen and oxygen atoms in total. The first-order valence-electron chi connectivity index (χ1n) is 4.58. The molecular weight excluding hydrogens is 273 g/mol. The van der Waals surface area contributed by atoms with Gasteiger partial charge in [-0.25, -0.2) is 0 Å². The van der Waals surface area contributed by atoms with Crippen LogP contribution in [0.5, 0.6) is 0 Å². The molecule has 1 aromatic rings. The number of anilines is 1. The fraction of sp³-hybridized carbons (Fsp3) is 0.167. The van der Waals surface area contributed by atoms with Gasteiger partial charge in [0.15, 0.2) is 0 Å². The van der Waals surface area contributed by atoms with Gasteiger partial charge in [0.2, 0.25) is 0 Å². The van der Waals surface area contributed by atoms with Crippen molar-refractivity contribution >= 4 is 33.2 Å². The van der Waals surface area contributed by atoms with E-state index in [1.165, 1.54) is 0 Å². The van der Waals surface area contributed by atoms with Gasteiger partial charge in [0.1, 0.15) is 0 Å². The van der Waals surface area contributed by atoms with Crippen LogP contribution < -0.4 is 4.90 Å². The molecule has 0 atom stereocenters. The summed E-state index contributed by atoms with van der Waals surface area (Å²) in [6.45, 7) is 9.11. The van der Waals surface area contributed by atoms with E-state index in [4.69, 9.17) is 11.6 Å². The number of hydrogen-bond acceptors (Lipinski definition) is 1. The van der Waals surface area contributed by atoms with Gasteiger partial charge in [0.25, 0.3) is 0 Å². The van der Waals surface area contributed by atoms with Crippen molar-refractivity contribution < 1.29 is 0 Å². The predicted molar refractivity (Wildman–Crippen MR) is 71.9 cm³/mol. The van der Waals surface area contributed by atoms with Crippen LogP contribution in [0.1, 0.15) is 0 Å². The highest BCUT2D eigenvalue weighted by molar-refractivity contribution is 9.11. The van der Waals surface area contributed by atoms with E-state index in [2.05, 4.69) is 34.0 Å². The molecule has 0 saturated heterocycles. The summed E-state index contributed by atoms with van der Waals surface area (Å²) in [6.07, 6.45) is 1.87. The maximum absolute atomic E-state index is 5.83. The summed E-state index contributed by atoms with van der Waals surface area (Å²) in [7, 11) is 0. The topological polar surface area (TPSA) is 3.24 Å². The minimum atomic E-state index is 0.745. The van der Waals surface area contributed by atoms with E-state index in [0.717, 1.165) is 28.3 Å². The van der Waals surface area contributed by atoms with E-state index < -0.39 is 0 Å². The quantitative estimate of drug-likeness (QED) is 0.732. The Labute approximate surface area is 104 Å². The second-order valence-electron chi connectivity index (χ2n) is 3.16. The Kier molecular flexibility index (Phi) is 4.92. The summed E-state index contributed by atoms with van der Waals surface area (Å²) in [5, 5.41) is 0.745. The van der Waals surface area contributed by atoms with Gasteiger partial charge in [0.05, 0.1) is 0 Å². The van der Waals surface area contributed by atoms with E-state index in [1.54, 1.807) is 0 Å². The lowest BCUT2D eigenvalue weighted by Crippen LogP contribution is -2.24.